The normalized spacial score (nSPS) is 20.1. The first-order chi connectivity index (χ1) is 15.5. The second-order valence-corrected chi connectivity index (χ2v) is 11.2. The molecule has 1 saturated heterocycles. The number of carbonyl (C=O) groups excluding carboxylic acids is 1. The molecule has 0 spiro atoms. The van der Waals surface area contributed by atoms with Crippen LogP contribution in [0.15, 0.2) is 44.6 Å². The third kappa shape index (κ3) is 4.19. The lowest BCUT2D eigenvalue weighted by Gasteiger charge is -2.30. The fourth-order valence-corrected chi connectivity index (χ4v) is 6.74. The van der Waals surface area contributed by atoms with E-state index in [0.717, 1.165) is 24.2 Å². The van der Waals surface area contributed by atoms with E-state index in [9.17, 15) is 13.2 Å². The molecule has 1 aliphatic carbocycles. The first kappa shape index (κ1) is 21.2. The molecule has 0 aromatic carbocycles. The molecule has 5 rings (SSSR count). The van der Waals surface area contributed by atoms with Crippen molar-refractivity contribution in [3.05, 3.63) is 41.7 Å². The Bertz CT molecular complexity index is 1200. The molecule has 3 aromatic heterocycles. The lowest BCUT2D eigenvalue weighted by molar-refractivity contribution is -0.120. The molecule has 9 nitrogen and oxygen atoms in total. The van der Waals surface area contributed by atoms with Gasteiger partial charge in [-0.2, -0.15) is 9.29 Å². The van der Waals surface area contributed by atoms with Gasteiger partial charge in [-0.05, 0) is 43.9 Å². The maximum atomic E-state index is 13.3. The smallest absolute Gasteiger partial charge is 0.252 e. The van der Waals surface area contributed by atoms with Crippen molar-refractivity contribution >= 4 is 33.1 Å². The molecule has 3 aromatic rings. The summed E-state index contributed by atoms with van der Waals surface area (Å²) in [7, 11) is -3.72. The first-order valence-electron chi connectivity index (χ1n) is 10.7. The lowest BCUT2D eigenvalue weighted by atomic mass is 9.85. The number of aromatic nitrogens is 3. The Labute approximate surface area is 189 Å². The molecule has 11 heteroatoms. The molecular formula is C21H23N5O4S2. The predicted octanol–water partition coefficient (Wildman–Crippen LogP) is 3.50. The number of amides is 1. The van der Waals surface area contributed by atoms with Gasteiger partial charge in [0.2, 0.25) is 17.6 Å². The van der Waals surface area contributed by atoms with Crippen LogP contribution in [0.25, 0.3) is 11.4 Å². The topological polar surface area (TPSA) is 118 Å². The van der Waals surface area contributed by atoms with E-state index in [0.29, 0.717) is 48.4 Å². The molecule has 0 radical (unpaired) electrons. The first-order valence-corrected chi connectivity index (χ1v) is 13.0. The number of piperidine rings is 1. The summed E-state index contributed by atoms with van der Waals surface area (Å²) in [6, 6.07) is 6.85. The Balaban J connectivity index is 1.28. The SMILES string of the molecule is O=C(Nc1ccccn1)C1CCCN(S(=O)(=O)c2cc(-c3noc(C4CCC4)n3)cs2)C1. The van der Waals surface area contributed by atoms with Crippen molar-refractivity contribution in [1.29, 1.82) is 0 Å². The second-order valence-electron chi connectivity index (χ2n) is 8.14. The van der Waals surface area contributed by atoms with Crippen LogP contribution >= 0.6 is 11.3 Å². The summed E-state index contributed by atoms with van der Waals surface area (Å²) in [5, 5.41) is 8.53. The Morgan fingerprint density at radius 2 is 2.09 bits per heavy atom. The number of nitrogens with one attached hydrogen (secondary N) is 1. The number of hydrogen-bond donors (Lipinski definition) is 1. The number of rotatable bonds is 6. The summed E-state index contributed by atoms with van der Waals surface area (Å²) in [5.41, 5.74) is 0.629. The fourth-order valence-electron chi connectivity index (χ4n) is 3.91. The fraction of sp³-hybridized carbons (Fsp3) is 0.429. The van der Waals surface area contributed by atoms with Gasteiger partial charge in [0.05, 0.1) is 5.92 Å². The highest BCUT2D eigenvalue weighted by molar-refractivity contribution is 7.91. The van der Waals surface area contributed by atoms with Crippen molar-refractivity contribution in [1.82, 2.24) is 19.4 Å². The predicted molar refractivity (Wildman–Crippen MR) is 119 cm³/mol. The van der Waals surface area contributed by atoms with Crippen molar-refractivity contribution in [3.8, 4) is 11.4 Å². The molecule has 4 heterocycles. The van der Waals surface area contributed by atoms with Crippen molar-refractivity contribution in [3.63, 3.8) is 0 Å². The van der Waals surface area contributed by atoms with Gasteiger partial charge < -0.3 is 9.84 Å². The molecule has 0 bridgehead atoms. The van der Waals surface area contributed by atoms with Gasteiger partial charge in [-0.1, -0.05) is 17.6 Å². The van der Waals surface area contributed by atoms with Crippen LogP contribution in [0.2, 0.25) is 0 Å². The van der Waals surface area contributed by atoms with Gasteiger partial charge in [0.1, 0.15) is 10.0 Å². The highest BCUT2D eigenvalue weighted by Gasteiger charge is 2.34. The van der Waals surface area contributed by atoms with Crippen molar-refractivity contribution in [2.45, 2.75) is 42.2 Å². The third-order valence-electron chi connectivity index (χ3n) is 5.99. The molecule has 1 amide bonds. The van der Waals surface area contributed by atoms with Gasteiger partial charge in [-0.3, -0.25) is 4.79 Å². The summed E-state index contributed by atoms with van der Waals surface area (Å²) in [4.78, 5) is 21.2. The van der Waals surface area contributed by atoms with Crippen LogP contribution in [0.5, 0.6) is 0 Å². The van der Waals surface area contributed by atoms with Crippen LogP contribution in [0, 0.1) is 5.92 Å². The molecule has 1 aliphatic heterocycles. The molecule has 2 aliphatic rings. The molecule has 168 valence electrons. The number of nitrogens with zero attached hydrogens (tertiary/aromatic N) is 4. The van der Waals surface area contributed by atoms with Crippen LogP contribution in [0.3, 0.4) is 0 Å². The summed E-state index contributed by atoms with van der Waals surface area (Å²) >= 11 is 1.13. The minimum absolute atomic E-state index is 0.141. The minimum Gasteiger partial charge on any atom is -0.339 e. The number of sulfonamides is 1. The van der Waals surface area contributed by atoms with E-state index in [2.05, 4.69) is 20.4 Å². The van der Waals surface area contributed by atoms with Crippen LogP contribution < -0.4 is 5.32 Å². The van der Waals surface area contributed by atoms with Gasteiger partial charge in [0.15, 0.2) is 0 Å². The van der Waals surface area contributed by atoms with Crippen molar-refractivity contribution in [2.24, 2.45) is 5.92 Å². The van der Waals surface area contributed by atoms with Gasteiger partial charge in [-0.25, -0.2) is 13.4 Å². The summed E-state index contributed by atoms with van der Waals surface area (Å²) in [6.45, 7) is 0.527. The van der Waals surface area contributed by atoms with Crippen molar-refractivity contribution < 1.29 is 17.7 Å². The van der Waals surface area contributed by atoms with Crippen LogP contribution in [-0.4, -0.2) is 46.8 Å². The maximum absolute atomic E-state index is 13.3. The Morgan fingerprint density at radius 3 is 2.84 bits per heavy atom. The zero-order valence-corrected chi connectivity index (χ0v) is 18.9. The van der Waals surface area contributed by atoms with Crippen molar-refractivity contribution in [2.75, 3.05) is 18.4 Å². The highest BCUT2D eigenvalue weighted by atomic mass is 32.2. The van der Waals surface area contributed by atoms with E-state index in [1.807, 2.05) is 0 Å². The van der Waals surface area contributed by atoms with E-state index in [1.54, 1.807) is 35.8 Å². The average molecular weight is 474 g/mol. The molecule has 1 saturated carbocycles. The van der Waals surface area contributed by atoms with E-state index in [4.69, 9.17) is 4.52 Å². The Morgan fingerprint density at radius 1 is 1.22 bits per heavy atom. The largest absolute Gasteiger partial charge is 0.339 e. The van der Waals surface area contributed by atoms with Crippen LogP contribution in [0.1, 0.15) is 43.9 Å². The van der Waals surface area contributed by atoms with Gasteiger partial charge in [0.25, 0.3) is 10.0 Å². The number of thiophene rings is 1. The second kappa shape index (κ2) is 8.72. The van der Waals surface area contributed by atoms with Crippen LogP contribution in [-0.2, 0) is 14.8 Å². The quantitative estimate of drug-likeness (QED) is 0.582. The standard InChI is InChI=1S/C21H23N5O4S2/c27-20(23-17-8-1-2-9-22-17)15-7-4-10-26(12-15)32(28,29)18-11-16(13-31-18)19-24-21(30-25-19)14-5-3-6-14/h1-2,8-9,11,13-15H,3-7,10,12H2,(H,22,23,27). The molecular weight excluding hydrogens is 450 g/mol. The number of carbonyl (C=O) groups is 1. The zero-order chi connectivity index (χ0) is 22.1. The number of hydrogen-bond acceptors (Lipinski definition) is 8. The van der Waals surface area contributed by atoms with E-state index in [1.165, 1.54) is 10.7 Å². The summed E-state index contributed by atoms with van der Waals surface area (Å²) in [5.74, 6) is 1.17. The van der Waals surface area contributed by atoms with Gasteiger partial charge in [-0.15, -0.1) is 11.3 Å². The minimum atomic E-state index is -3.72. The Kier molecular flexibility index (Phi) is 5.78. The molecule has 1 atom stereocenters. The van der Waals surface area contributed by atoms with E-state index < -0.39 is 15.9 Å². The monoisotopic (exact) mass is 473 g/mol. The van der Waals surface area contributed by atoms with Gasteiger partial charge in [0, 0.05) is 36.1 Å². The lowest BCUT2D eigenvalue weighted by Crippen LogP contribution is -2.43. The number of anilines is 1. The Hall–Kier alpha value is -2.63. The summed E-state index contributed by atoms with van der Waals surface area (Å²) in [6.07, 6.45) is 6.12. The average Bonchev–Trinajstić information content (AvgIpc) is 3.44. The molecule has 32 heavy (non-hydrogen) atoms. The highest BCUT2D eigenvalue weighted by Crippen LogP contribution is 2.37. The van der Waals surface area contributed by atoms with E-state index in [-0.39, 0.29) is 16.7 Å². The van der Waals surface area contributed by atoms with E-state index >= 15 is 0 Å². The maximum Gasteiger partial charge on any atom is 0.252 e. The number of pyridine rings is 1. The molecule has 2 fully saturated rings. The molecule has 1 N–H and O–H groups in total. The molecule has 1 unspecified atom stereocenters. The van der Waals surface area contributed by atoms with Crippen LogP contribution in [0.4, 0.5) is 5.82 Å². The third-order valence-corrected chi connectivity index (χ3v) is 9.28. The van der Waals surface area contributed by atoms with Gasteiger partial charge >= 0.3 is 0 Å². The zero-order valence-electron chi connectivity index (χ0n) is 17.3. The summed E-state index contributed by atoms with van der Waals surface area (Å²) < 4.78 is 33.5.